The summed E-state index contributed by atoms with van der Waals surface area (Å²) in [5.41, 5.74) is 1.65. The Morgan fingerprint density at radius 2 is 1.81 bits per heavy atom. The number of carbonyl (C=O) groups is 1. The van der Waals surface area contributed by atoms with E-state index in [1.54, 1.807) is 24.3 Å². The first-order valence-corrected chi connectivity index (χ1v) is 8.80. The monoisotopic (exact) mass is 382 g/mol. The van der Waals surface area contributed by atoms with Crippen LogP contribution < -0.4 is 15.4 Å². The van der Waals surface area contributed by atoms with E-state index in [0.29, 0.717) is 16.5 Å². The number of nitrogens with zero attached hydrogens (tertiary/aromatic N) is 2. The van der Waals surface area contributed by atoms with Crippen molar-refractivity contribution in [1.29, 1.82) is 0 Å². The van der Waals surface area contributed by atoms with Crippen molar-refractivity contribution in [3.05, 3.63) is 71.6 Å². The summed E-state index contributed by atoms with van der Waals surface area (Å²) in [7, 11) is 0. The van der Waals surface area contributed by atoms with Crippen LogP contribution in [-0.4, -0.2) is 22.0 Å². The number of benzene rings is 2. The van der Waals surface area contributed by atoms with Crippen molar-refractivity contribution in [2.75, 3.05) is 10.6 Å². The largest absolute Gasteiger partial charge is 0.491 e. The van der Waals surface area contributed by atoms with Gasteiger partial charge < -0.3 is 15.4 Å². The van der Waals surface area contributed by atoms with E-state index in [1.807, 2.05) is 38.1 Å². The quantitative estimate of drug-likeness (QED) is 0.633. The summed E-state index contributed by atoms with van der Waals surface area (Å²) in [4.78, 5) is 20.6. The lowest BCUT2D eigenvalue weighted by Gasteiger charge is -2.11. The van der Waals surface area contributed by atoms with Gasteiger partial charge in [0.1, 0.15) is 17.3 Å². The zero-order chi connectivity index (χ0) is 19.2. The highest BCUT2D eigenvalue weighted by Gasteiger charge is 2.09. The van der Waals surface area contributed by atoms with Gasteiger partial charge in [-0.2, -0.15) is 0 Å². The van der Waals surface area contributed by atoms with Crippen molar-refractivity contribution in [2.24, 2.45) is 0 Å². The summed E-state index contributed by atoms with van der Waals surface area (Å²) >= 11 is 5.91. The molecule has 3 aromatic rings. The molecule has 6 nitrogen and oxygen atoms in total. The molecule has 0 saturated heterocycles. The maximum atomic E-state index is 12.2. The van der Waals surface area contributed by atoms with Crippen LogP contribution in [0, 0.1) is 0 Å². The highest BCUT2D eigenvalue weighted by Crippen LogP contribution is 2.20. The third-order valence-corrected chi connectivity index (χ3v) is 3.70. The van der Waals surface area contributed by atoms with Gasteiger partial charge in [0.2, 0.25) is 0 Å². The van der Waals surface area contributed by atoms with E-state index in [9.17, 15) is 4.79 Å². The Hall–Kier alpha value is -3.12. The molecule has 2 aromatic carbocycles. The molecule has 0 unspecified atom stereocenters. The molecule has 1 amide bonds. The minimum atomic E-state index is -0.355. The van der Waals surface area contributed by atoms with Crippen LogP contribution in [0.3, 0.4) is 0 Å². The fourth-order valence-electron chi connectivity index (χ4n) is 2.31. The molecule has 0 bridgehead atoms. The maximum absolute atomic E-state index is 12.2. The van der Waals surface area contributed by atoms with Crippen LogP contribution in [0.25, 0.3) is 0 Å². The minimum Gasteiger partial charge on any atom is -0.491 e. The predicted octanol–water partition coefficient (Wildman–Crippen LogP) is 4.91. The molecule has 0 saturated carbocycles. The second kappa shape index (κ2) is 8.51. The van der Waals surface area contributed by atoms with Crippen LogP contribution in [0.1, 0.15) is 24.3 Å². The second-order valence-corrected chi connectivity index (χ2v) is 6.50. The summed E-state index contributed by atoms with van der Waals surface area (Å²) in [5.74, 6) is 0.980. The van der Waals surface area contributed by atoms with Crippen LogP contribution in [0.5, 0.6) is 5.75 Å². The Balaban J connectivity index is 1.62. The summed E-state index contributed by atoms with van der Waals surface area (Å²) in [6.45, 7) is 3.96. The van der Waals surface area contributed by atoms with Gasteiger partial charge in [0.15, 0.2) is 0 Å². The van der Waals surface area contributed by atoms with Crippen LogP contribution in [-0.2, 0) is 0 Å². The standard InChI is InChI=1S/C20H19ClN4O2/c1-13(2)27-17-8-6-15(7-9-17)24-19-12-22-18(11-23-19)20(26)25-16-5-3-4-14(21)10-16/h3-13H,1-2H3,(H,23,24)(H,25,26). The van der Waals surface area contributed by atoms with Gasteiger partial charge in [-0.3, -0.25) is 4.79 Å². The van der Waals surface area contributed by atoms with Crippen molar-refractivity contribution >= 4 is 34.7 Å². The van der Waals surface area contributed by atoms with Crippen LogP contribution >= 0.6 is 11.6 Å². The highest BCUT2D eigenvalue weighted by atomic mass is 35.5. The van der Waals surface area contributed by atoms with Gasteiger partial charge in [-0.25, -0.2) is 9.97 Å². The van der Waals surface area contributed by atoms with Crippen LogP contribution in [0.4, 0.5) is 17.2 Å². The average molecular weight is 383 g/mol. The number of carbonyl (C=O) groups excluding carboxylic acids is 1. The molecule has 7 heteroatoms. The molecule has 0 aliphatic carbocycles. The first-order chi connectivity index (χ1) is 13.0. The van der Waals surface area contributed by atoms with Crippen LogP contribution in [0.15, 0.2) is 60.9 Å². The van der Waals surface area contributed by atoms with E-state index >= 15 is 0 Å². The Kier molecular flexibility index (Phi) is 5.88. The van der Waals surface area contributed by atoms with Gasteiger partial charge in [-0.15, -0.1) is 0 Å². The van der Waals surface area contributed by atoms with Gasteiger partial charge in [-0.05, 0) is 56.3 Å². The molecule has 0 fully saturated rings. The zero-order valence-electron chi connectivity index (χ0n) is 14.9. The third kappa shape index (κ3) is 5.43. The molecular formula is C20H19ClN4O2. The Labute approximate surface area is 162 Å². The van der Waals surface area contributed by atoms with E-state index in [0.717, 1.165) is 11.4 Å². The predicted molar refractivity (Wildman–Crippen MR) is 107 cm³/mol. The normalized spacial score (nSPS) is 10.5. The molecule has 1 heterocycles. The number of nitrogens with one attached hydrogen (secondary N) is 2. The highest BCUT2D eigenvalue weighted by molar-refractivity contribution is 6.30. The number of hydrogen-bond acceptors (Lipinski definition) is 5. The number of rotatable bonds is 6. The van der Waals surface area contributed by atoms with E-state index in [4.69, 9.17) is 16.3 Å². The number of ether oxygens (including phenoxy) is 1. The first-order valence-electron chi connectivity index (χ1n) is 8.42. The van der Waals surface area contributed by atoms with Gasteiger partial charge >= 0.3 is 0 Å². The molecule has 0 aliphatic heterocycles. The molecule has 0 spiro atoms. The van der Waals surface area contributed by atoms with Gasteiger partial charge in [-0.1, -0.05) is 17.7 Å². The first kappa shape index (κ1) is 18.7. The molecule has 3 rings (SSSR count). The number of halogens is 1. The SMILES string of the molecule is CC(C)Oc1ccc(Nc2cnc(C(=O)Nc3cccc(Cl)c3)cn2)cc1. The van der Waals surface area contributed by atoms with Crippen molar-refractivity contribution in [3.8, 4) is 5.75 Å². The lowest BCUT2D eigenvalue weighted by Crippen LogP contribution is -2.14. The van der Waals surface area contributed by atoms with E-state index in [1.165, 1.54) is 12.4 Å². The summed E-state index contributed by atoms with van der Waals surface area (Å²) in [5, 5.41) is 6.40. The van der Waals surface area contributed by atoms with Crippen LogP contribution in [0.2, 0.25) is 5.02 Å². The summed E-state index contributed by atoms with van der Waals surface area (Å²) in [6.07, 6.45) is 3.05. The van der Waals surface area contributed by atoms with E-state index in [2.05, 4.69) is 20.6 Å². The third-order valence-electron chi connectivity index (χ3n) is 3.47. The fourth-order valence-corrected chi connectivity index (χ4v) is 2.50. The van der Waals surface area contributed by atoms with Crippen molar-refractivity contribution in [3.63, 3.8) is 0 Å². The fraction of sp³-hybridized carbons (Fsp3) is 0.150. The van der Waals surface area contributed by atoms with Gasteiger partial charge in [0.05, 0.1) is 18.5 Å². The smallest absolute Gasteiger partial charge is 0.275 e. The molecule has 0 aliphatic rings. The lowest BCUT2D eigenvalue weighted by molar-refractivity contribution is 0.102. The number of hydrogen-bond donors (Lipinski definition) is 2. The molecule has 2 N–H and O–H groups in total. The van der Waals surface area contributed by atoms with Crippen molar-refractivity contribution in [2.45, 2.75) is 20.0 Å². The van der Waals surface area contributed by atoms with Crippen molar-refractivity contribution in [1.82, 2.24) is 9.97 Å². The van der Waals surface area contributed by atoms with E-state index < -0.39 is 0 Å². The lowest BCUT2D eigenvalue weighted by atomic mass is 10.3. The number of aromatic nitrogens is 2. The molecule has 27 heavy (non-hydrogen) atoms. The average Bonchev–Trinajstić information content (AvgIpc) is 2.63. The Morgan fingerprint density at radius 3 is 2.44 bits per heavy atom. The molecule has 1 aromatic heterocycles. The topological polar surface area (TPSA) is 76.1 Å². The molecule has 0 radical (unpaired) electrons. The Bertz CT molecular complexity index is 912. The van der Waals surface area contributed by atoms with Gasteiger partial charge in [0, 0.05) is 16.4 Å². The molecule has 138 valence electrons. The second-order valence-electron chi connectivity index (χ2n) is 6.07. The Morgan fingerprint density at radius 1 is 1.04 bits per heavy atom. The van der Waals surface area contributed by atoms with E-state index in [-0.39, 0.29) is 17.7 Å². The summed E-state index contributed by atoms with van der Waals surface area (Å²) < 4.78 is 5.61. The maximum Gasteiger partial charge on any atom is 0.275 e. The summed E-state index contributed by atoms with van der Waals surface area (Å²) in [6, 6.07) is 14.4. The molecule has 0 atom stereocenters. The van der Waals surface area contributed by atoms with Crippen molar-refractivity contribution < 1.29 is 9.53 Å². The number of amides is 1. The minimum absolute atomic E-state index is 0.125. The zero-order valence-corrected chi connectivity index (χ0v) is 15.7. The molecular weight excluding hydrogens is 364 g/mol. The van der Waals surface area contributed by atoms with Gasteiger partial charge in [0.25, 0.3) is 5.91 Å². The number of anilines is 3.